The number of carbonyl (C=O) groups is 1. The fourth-order valence-electron chi connectivity index (χ4n) is 3.22. The minimum absolute atomic E-state index is 0.0137. The maximum Gasteiger partial charge on any atom is 0.262 e. The SMILES string of the molecule is COc1ccccc1NS(=O)(=O)c1ccc(O)c(NC(=O)CCc2ccc(OC)c(OC)c2)c1. The van der Waals surface area contributed by atoms with E-state index in [2.05, 4.69) is 10.0 Å². The Bertz CT molecular complexity index is 1280. The second kappa shape index (κ2) is 10.8. The summed E-state index contributed by atoms with van der Waals surface area (Å²) in [6, 6.07) is 15.6. The van der Waals surface area contributed by atoms with E-state index in [0.29, 0.717) is 23.7 Å². The largest absolute Gasteiger partial charge is 0.506 e. The summed E-state index contributed by atoms with van der Waals surface area (Å²) in [7, 11) is 0.493. The third-order valence-electron chi connectivity index (χ3n) is 4.99. The predicted octanol–water partition coefficient (Wildman–Crippen LogP) is 3.79. The Morgan fingerprint density at radius 1 is 0.853 bits per heavy atom. The molecule has 3 rings (SSSR count). The van der Waals surface area contributed by atoms with Crippen LogP contribution in [-0.4, -0.2) is 40.8 Å². The first-order valence-corrected chi connectivity index (χ1v) is 11.8. The number of phenolic OH excluding ortho intramolecular Hbond substituents is 1. The van der Waals surface area contributed by atoms with Crippen molar-refractivity contribution in [2.75, 3.05) is 31.4 Å². The molecule has 0 aromatic heterocycles. The average Bonchev–Trinajstić information content (AvgIpc) is 2.83. The summed E-state index contributed by atoms with van der Waals surface area (Å²) < 4.78 is 43.8. The van der Waals surface area contributed by atoms with Crippen molar-refractivity contribution in [1.29, 1.82) is 0 Å². The Morgan fingerprint density at radius 3 is 2.26 bits per heavy atom. The van der Waals surface area contributed by atoms with Crippen molar-refractivity contribution < 1.29 is 32.5 Å². The van der Waals surface area contributed by atoms with E-state index in [4.69, 9.17) is 14.2 Å². The van der Waals surface area contributed by atoms with Gasteiger partial charge in [-0.25, -0.2) is 8.42 Å². The second-order valence-corrected chi connectivity index (χ2v) is 8.90. The number of hydrogen-bond acceptors (Lipinski definition) is 7. The van der Waals surface area contributed by atoms with E-state index in [1.165, 1.54) is 39.5 Å². The highest BCUT2D eigenvalue weighted by molar-refractivity contribution is 7.92. The monoisotopic (exact) mass is 486 g/mol. The molecule has 0 fully saturated rings. The lowest BCUT2D eigenvalue weighted by molar-refractivity contribution is -0.116. The van der Waals surface area contributed by atoms with Crippen LogP contribution >= 0.6 is 0 Å². The molecule has 1 amide bonds. The number of sulfonamides is 1. The smallest absolute Gasteiger partial charge is 0.262 e. The van der Waals surface area contributed by atoms with E-state index in [1.807, 2.05) is 6.07 Å². The first-order valence-electron chi connectivity index (χ1n) is 10.3. The summed E-state index contributed by atoms with van der Waals surface area (Å²) in [5.41, 5.74) is 1.10. The molecule has 0 aliphatic heterocycles. The molecule has 3 aromatic carbocycles. The van der Waals surface area contributed by atoms with Gasteiger partial charge in [-0.3, -0.25) is 9.52 Å². The Balaban J connectivity index is 1.71. The molecule has 10 heteroatoms. The molecule has 3 N–H and O–H groups in total. The van der Waals surface area contributed by atoms with Gasteiger partial charge in [-0.1, -0.05) is 18.2 Å². The number of benzene rings is 3. The number of amides is 1. The lowest BCUT2D eigenvalue weighted by atomic mass is 10.1. The molecule has 180 valence electrons. The Hall–Kier alpha value is -3.92. The van der Waals surface area contributed by atoms with Crippen LogP contribution in [0.15, 0.2) is 65.6 Å². The van der Waals surface area contributed by atoms with E-state index < -0.39 is 15.9 Å². The van der Waals surface area contributed by atoms with E-state index in [1.54, 1.807) is 36.4 Å². The van der Waals surface area contributed by atoms with Crippen molar-refractivity contribution in [3.8, 4) is 23.0 Å². The molecule has 0 saturated heterocycles. The molecule has 0 saturated carbocycles. The number of rotatable bonds is 10. The zero-order chi connectivity index (χ0) is 24.7. The van der Waals surface area contributed by atoms with Crippen molar-refractivity contribution in [1.82, 2.24) is 0 Å². The van der Waals surface area contributed by atoms with Gasteiger partial charge < -0.3 is 24.6 Å². The summed E-state index contributed by atoms with van der Waals surface area (Å²) in [5, 5.41) is 12.7. The summed E-state index contributed by atoms with van der Waals surface area (Å²) in [4.78, 5) is 12.4. The first kappa shape index (κ1) is 24.7. The minimum atomic E-state index is -4.01. The predicted molar refractivity (Wildman–Crippen MR) is 128 cm³/mol. The standard InChI is InChI=1S/C24H26N2O7S/c1-31-21-7-5-4-6-18(21)26-34(29,30)17-10-11-20(27)19(15-17)25-24(28)13-9-16-8-12-22(32-2)23(14-16)33-3/h4-8,10-12,14-15,26-27H,9,13H2,1-3H3,(H,25,28). The fourth-order valence-corrected chi connectivity index (χ4v) is 4.32. The van der Waals surface area contributed by atoms with Gasteiger partial charge in [-0.15, -0.1) is 0 Å². The molecule has 9 nitrogen and oxygen atoms in total. The fraction of sp³-hybridized carbons (Fsp3) is 0.208. The van der Waals surface area contributed by atoms with Crippen LogP contribution in [0.1, 0.15) is 12.0 Å². The van der Waals surface area contributed by atoms with E-state index in [-0.39, 0.29) is 28.4 Å². The number of ether oxygens (including phenoxy) is 3. The summed E-state index contributed by atoms with van der Waals surface area (Å²) in [5.74, 6) is 0.848. The van der Waals surface area contributed by atoms with Gasteiger partial charge in [0.2, 0.25) is 5.91 Å². The van der Waals surface area contributed by atoms with Gasteiger partial charge in [-0.05, 0) is 54.4 Å². The molecule has 0 aliphatic rings. The maximum absolute atomic E-state index is 12.9. The number of aromatic hydroxyl groups is 1. The van der Waals surface area contributed by atoms with Crippen LogP contribution in [0.25, 0.3) is 0 Å². The van der Waals surface area contributed by atoms with Crippen LogP contribution in [0.5, 0.6) is 23.0 Å². The van der Waals surface area contributed by atoms with Crippen LogP contribution in [0.4, 0.5) is 11.4 Å². The highest BCUT2D eigenvalue weighted by Gasteiger charge is 2.19. The van der Waals surface area contributed by atoms with Crippen LogP contribution < -0.4 is 24.2 Å². The van der Waals surface area contributed by atoms with Gasteiger partial charge in [0.25, 0.3) is 10.0 Å². The number of anilines is 2. The first-order chi connectivity index (χ1) is 16.3. The van der Waals surface area contributed by atoms with Crippen LogP contribution in [-0.2, 0) is 21.2 Å². The van der Waals surface area contributed by atoms with Crippen LogP contribution in [0.3, 0.4) is 0 Å². The summed E-state index contributed by atoms with van der Waals surface area (Å²) in [6.07, 6.45) is 0.506. The summed E-state index contributed by atoms with van der Waals surface area (Å²) in [6.45, 7) is 0. The molecule has 0 heterocycles. The topological polar surface area (TPSA) is 123 Å². The number of nitrogens with one attached hydrogen (secondary N) is 2. The van der Waals surface area contributed by atoms with E-state index in [0.717, 1.165) is 5.56 Å². The zero-order valence-electron chi connectivity index (χ0n) is 19.0. The minimum Gasteiger partial charge on any atom is -0.506 e. The average molecular weight is 487 g/mol. The van der Waals surface area contributed by atoms with Crippen molar-refractivity contribution in [2.45, 2.75) is 17.7 Å². The lowest BCUT2D eigenvalue weighted by Crippen LogP contribution is -2.16. The number of aryl methyl sites for hydroxylation is 1. The molecule has 0 radical (unpaired) electrons. The third-order valence-corrected chi connectivity index (χ3v) is 6.36. The Morgan fingerprint density at radius 2 is 1.56 bits per heavy atom. The maximum atomic E-state index is 12.9. The van der Waals surface area contributed by atoms with Gasteiger partial charge in [0.15, 0.2) is 11.5 Å². The summed E-state index contributed by atoms with van der Waals surface area (Å²) >= 11 is 0. The van der Waals surface area contributed by atoms with Gasteiger partial charge in [0.1, 0.15) is 11.5 Å². The molecule has 0 unspecified atom stereocenters. The van der Waals surface area contributed by atoms with Crippen molar-refractivity contribution in [3.63, 3.8) is 0 Å². The molecule has 0 atom stereocenters. The third kappa shape index (κ3) is 5.90. The van der Waals surface area contributed by atoms with Crippen LogP contribution in [0.2, 0.25) is 0 Å². The highest BCUT2D eigenvalue weighted by atomic mass is 32.2. The molecule has 3 aromatic rings. The second-order valence-electron chi connectivity index (χ2n) is 7.22. The molecular formula is C24H26N2O7S. The highest BCUT2D eigenvalue weighted by Crippen LogP contribution is 2.31. The lowest BCUT2D eigenvalue weighted by Gasteiger charge is -2.13. The number of carbonyl (C=O) groups excluding carboxylic acids is 1. The van der Waals surface area contributed by atoms with E-state index in [9.17, 15) is 18.3 Å². The van der Waals surface area contributed by atoms with Crippen molar-refractivity contribution >= 4 is 27.3 Å². The van der Waals surface area contributed by atoms with Crippen molar-refractivity contribution in [3.05, 3.63) is 66.2 Å². The van der Waals surface area contributed by atoms with Crippen molar-refractivity contribution in [2.24, 2.45) is 0 Å². The molecule has 0 spiro atoms. The Kier molecular flexibility index (Phi) is 7.85. The Labute approximate surface area is 198 Å². The normalized spacial score (nSPS) is 10.9. The number of phenols is 1. The molecular weight excluding hydrogens is 460 g/mol. The molecule has 34 heavy (non-hydrogen) atoms. The number of para-hydroxylation sites is 2. The van der Waals surface area contributed by atoms with E-state index >= 15 is 0 Å². The number of methoxy groups -OCH3 is 3. The molecule has 0 aliphatic carbocycles. The van der Waals surface area contributed by atoms with Gasteiger partial charge in [0.05, 0.1) is 37.6 Å². The van der Waals surface area contributed by atoms with Gasteiger partial charge in [0, 0.05) is 6.42 Å². The van der Waals surface area contributed by atoms with Gasteiger partial charge in [-0.2, -0.15) is 0 Å². The molecule has 0 bridgehead atoms. The quantitative estimate of drug-likeness (QED) is 0.373. The zero-order valence-corrected chi connectivity index (χ0v) is 19.8. The van der Waals surface area contributed by atoms with Crippen LogP contribution in [0, 0.1) is 0 Å². The number of hydrogen-bond donors (Lipinski definition) is 3. The van der Waals surface area contributed by atoms with Gasteiger partial charge >= 0.3 is 0 Å².